The number of benzene rings is 1. The fraction of sp³-hybridized carbons (Fsp3) is 0. The fourth-order valence-corrected chi connectivity index (χ4v) is 1.61. The van der Waals surface area contributed by atoms with Gasteiger partial charge in [-0.05, 0) is 18.2 Å². The third kappa shape index (κ3) is 1.52. The quantitative estimate of drug-likeness (QED) is 0.615. The third-order valence-corrected chi connectivity index (χ3v) is 2.41. The van der Waals surface area contributed by atoms with Crippen LogP contribution in [0.4, 0.5) is 0 Å². The standard InChI is InChI=1S/C13H9N3/c1-2-6-12-10(4-1)9-15-13(16-12)11-5-3-7-14-8-11/h1-9H. The van der Waals surface area contributed by atoms with Crippen molar-refractivity contribution in [3.63, 3.8) is 0 Å². The second kappa shape index (κ2) is 3.70. The molecule has 16 heavy (non-hydrogen) atoms. The molecule has 3 rings (SSSR count). The van der Waals surface area contributed by atoms with Crippen LogP contribution < -0.4 is 0 Å². The SMILES string of the molecule is c1cncc(-c2ncc3ccccc3n2)c1. The van der Waals surface area contributed by atoms with Crippen LogP contribution >= 0.6 is 0 Å². The van der Waals surface area contributed by atoms with Gasteiger partial charge in [-0.2, -0.15) is 0 Å². The van der Waals surface area contributed by atoms with Crippen molar-refractivity contribution >= 4 is 10.9 Å². The van der Waals surface area contributed by atoms with Crippen molar-refractivity contribution in [2.45, 2.75) is 0 Å². The van der Waals surface area contributed by atoms with Crippen LogP contribution in [0.1, 0.15) is 0 Å². The van der Waals surface area contributed by atoms with Gasteiger partial charge < -0.3 is 0 Å². The van der Waals surface area contributed by atoms with Crippen LogP contribution in [0.25, 0.3) is 22.3 Å². The van der Waals surface area contributed by atoms with E-state index in [1.54, 1.807) is 12.4 Å². The Bertz CT molecular complexity index is 620. The summed E-state index contributed by atoms with van der Waals surface area (Å²) in [4.78, 5) is 12.9. The van der Waals surface area contributed by atoms with E-state index in [1.807, 2.05) is 42.6 Å². The summed E-state index contributed by atoms with van der Waals surface area (Å²) < 4.78 is 0. The first kappa shape index (κ1) is 8.97. The Kier molecular flexibility index (Phi) is 2.07. The zero-order valence-electron chi connectivity index (χ0n) is 8.54. The molecule has 2 aromatic heterocycles. The molecule has 1 aromatic carbocycles. The molecule has 2 heterocycles. The molecule has 0 saturated carbocycles. The Morgan fingerprint density at radius 2 is 1.81 bits per heavy atom. The Hall–Kier alpha value is -2.29. The molecule has 0 unspecified atom stereocenters. The van der Waals surface area contributed by atoms with E-state index < -0.39 is 0 Å². The van der Waals surface area contributed by atoms with Gasteiger partial charge in [0.2, 0.25) is 0 Å². The number of hydrogen-bond acceptors (Lipinski definition) is 3. The van der Waals surface area contributed by atoms with E-state index in [1.165, 1.54) is 0 Å². The van der Waals surface area contributed by atoms with Crippen LogP contribution in [0.5, 0.6) is 0 Å². The summed E-state index contributed by atoms with van der Waals surface area (Å²) in [5.74, 6) is 0.715. The highest BCUT2D eigenvalue weighted by atomic mass is 14.9. The zero-order chi connectivity index (χ0) is 10.8. The molecule has 0 aliphatic carbocycles. The van der Waals surface area contributed by atoms with E-state index in [0.717, 1.165) is 16.5 Å². The normalized spacial score (nSPS) is 10.5. The Labute approximate surface area is 92.8 Å². The molecule has 0 saturated heterocycles. The summed E-state index contributed by atoms with van der Waals surface area (Å²) in [6.45, 7) is 0. The summed E-state index contributed by atoms with van der Waals surface area (Å²) in [6, 6.07) is 11.8. The topological polar surface area (TPSA) is 38.7 Å². The predicted octanol–water partition coefficient (Wildman–Crippen LogP) is 2.69. The van der Waals surface area contributed by atoms with Crippen molar-refractivity contribution < 1.29 is 0 Å². The maximum Gasteiger partial charge on any atom is 0.161 e. The maximum atomic E-state index is 4.49. The van der Waals surface area contributed by atoms with Crippen LogP contribution in [-0.2, 0) is 0 Å². The Morgan fingerprint density at radius 3 is 2.69 bits per heavy atom. The molecule has 0 radical (unpaired) electrons. The van der Waals surface area contributed by atoms with Crippen LogP contribution in [0.3, 0.4) is 0 Å². The predicted molar refractivity (Wildman–Crippen MR) is 62.8 cm³/mol. The van der Waals surface area contributed by atoms with Gasteiger partial charge >= 0.3 is 0 Å². The van der Waals surface area contributed by atoms with Gasteiger partial charge in [-0.15, -0.1) is 0 Å². The van der Waals surface area contributed by atoms with Crippen LogP contribution in [-0.4, -0.2) is 15.0 Å². The van der Waals surface area contributed by atoms with Crippen molar-refractivity contribution in [3.8, 4) is 11.4 Å². The van der Waals surface area contributed by atoms with Crippen LogP contribution in [0.15, 0.2) is 55.0 Å². The van der Waals surface area contributed by atoms with E-state index in [0.29, 0.717) is 5.82 Å². The lowest BCUT2D eigenvalue weighted by molar-refractivity contribution is 1.21. The first-order valence-corrected chi connectivity index (χ1v) is 5.06. The van der Waals surface area contributed by atoms with Gasteiger partial charge in [-0.25, -0.2) is 9.97 Å². The van der Waals surface area contributed by atoms with Crippen molar-refractivity contribution in [2.75, 3.05) is 0 Å². The van der Waals surface area contributed by atoms with Crippen molar-refractivity contribution in [1.29, 1.82) is 0 Å². The number of rotatable bonds is 1. The highest BCUT2D eigenvalue weighted by Crippen LogP contribution is 2.16. The average molecular weight is 207 g/mol. The van der Waals surface area contributed by atoms with Crippen molar-refractivity contribution in [1.82, 2.24) is 15.0 Å². The van der Waals surface area contributed by atoms with Crippen molar-refractivity contribution in [2.24, 2.45) is 0 Å². The average Bonchev–Trinajstić information content (AvgIpc) is 2.39. The molecule has 0 aliphatic heterocycles. The molecule has 0 amide bonds. The van der Waals surface area contributed by atoms with Gasteiger partial charge in [-0.3, -0.25) is 4.98 Å². The molecule has 0 fully saturated rings. The largest absolute Gasteiger partial charge is 0.264 e. The molecule has 0 atom stereocenters. The fourth-order valence-electron chi connectivity index (χ4n) is 1.61. The lowest BCUT2D eigenvalue weighted by Gasteiger charge is -2.00. The van der Waals surface area contributed by atoms with Crippen LogP contribution in [0, 0.1) is 0 Å². The van der Waals surface area contributed by atoms with Crippen LogP contribution in [0.2, 0.25) is 0 Å². The molecule has 0 bridgehead atoms. The molecule has 0 aliphatic rings. The van der Waals surface area contributed by atoms with E-state index in [4.69, 9.17) is 0 Å². The number of hydrogen-bond donors (Lipinski definition) is 0. The third-order valence-electron chi connectivity index (χ3n) is 2.41. The highest BCUT2D eigenvalue weighted by molar-refractivity contribution is 5.79. The van der Waals surface area contributed by atoms with Gasteiger partial charge in [0.15, 0.2) is 5.82 Å². The lowest BCUT2D eigenvalue weighted by atomic mass is 10.2. The summed E-state index contributed by atoms with van der Waals surface area (Å²) in [5, 5.41) is 1.05. The van der Waals surface area contributed by atoms with E-state index in [2.05, 4.69) is 15.0 Å². The van der Waals surface area contributed by atoms with Gasteiger partial charge in [0.05, 0.1) is 5.52 Å². The minimum atomic E-state index is 0.715. The van der Waals surface area contributed by atoms with Gasteiger partial charge in [0.1, 0.15) is 0 Å². The van der Waals surface area contributed by atoms with Gasteiger partial charge in [0, 0.05) is 29.5 Å². The second-order valence-corrected chi connectivity index (χ2v) is 3.49. The number of pyridine rings is 1. The van der Waals surface area contributed by atoms with E-state index >= 15 is 0 Å². The molecule has 3 aromatic rings. The minimum absolute atomic E-state index is 0.715. The first-order valence-electron chi connectivity index (χ1n) is 5.06. The molecule has 3 nitrogen and oxygen atoms in total. The van der Waals surface area contributed by atoms with E-state index in [9.17, 15) is 0 Å². The van der Waals surface area contributed by atoms with Gasteiger partial charge in [-0.1, -0.05) is 18.2 Å². The number of fused-ring (bicyclic) bond motifs is 1. The molecule has 0 spiro atoms. The number of nitrogens with zero attached hydrogens (tertiary/aromatic N) is 3. The lowest BCUT2D eigenvalue weighted by Crippen LogP contribution is -1.89. The molecule has 0 N–H and O–H groups in total. The van der Waals surface area contributed by atoms with Crippen molar-refractivity contribution in [3.05, 3.63) is 55.0 Å². The zero-order valence-corrected chi connectivity index (χ0v) is 8.54. The summed E-state index contributed by atoms with van der Waals surface area (Å²) in [7, 11) is 0. The highest BCUT2D eigenvalue weighted by Gasteiger charge is 2.01. The molecular weight excluding hydrogens is 198 g/mol. The molecular formula is C13H9N3. The maximum absolute atomic E-state index is 4.49. The monoisotopic (exact) mass is 207 g/mol. The summed E-state index contributed by atoms with van der Waals surface area (Å²) in [6.07, 6.45) is 5.35. The number of para-hydroxylation sites is 1. The second-order valence-electron chi connectivity index (χ2n) is 3.49. The van der Waals surface area contributed by atoms with Gasteiger partial charge in [0.25, 0.3) is 0 Å². The Morgan fingerprint density at radius 1 is 0.875 bits per heavy atom. The number of aromatic nitrogens is 3. The molecule has 76 valence electrons. The Balaban J connectivity index is 2.19. The summed E-state index contributed by atoms with van der Waals surface area (Å²) >= 11 is 0. The summed E-state index contributed by atoms with van der Waals surface area (Å²) in [5.41, 5.74) is 1.89. The first-order chi connectivity index (χ1) is 7.93. The van der Waals surface area contributed by atoms with E-state index in [-0.39, 0.29) is 0 Å². The minimum Gasteiger partial charge on any atom is -0.264 e. The molecule has 3 heteroatoms. The smallest absolute Gasteiger partial charge is 0.161 e.